The van der Waals surface area contributed by atoms with E-state index in [2.05, 4.69) is 10.2 Å². The molecule has 1 aromatic heterocycles. The molecule has 1 N–H and O–H groups in total. The summed E-state index contributed by atoms with van der Waals surface area (Å²) in [5.41, 5.74) is -0.282. The minimum atomic E-state index is -0.731. The van der Waals surface area contributed by atoms with E-state index < -0.39 is 5.97 Å². The van der Waals surface area contributed by atoms with Crippen LogP contribution in [0.3, 0.4) is 0 Å². The summed E-state index contributed by atoms with van der Waals surface area (Å²) in [6, 6.07) is 0. The van der Waals surface area contributed by atoms with Gasteiger partial charge in [-0.25, -0.2) is 0 Å². The van der Waals surface area contributed by atoms with Gasteiger partial charge in [-0.05, 0) is 19.8 Å². The number of aromatic nitrogens is 2. The van der Waals surface area contributed by atoms with E-state index in [-0.39, 0.29) is 12.0 Å². The number of carbonyl (C=O) groups is 1. The largest absolute Gasteiger partial charge is 0.481 e. The number of carboxylic acids is 1. The molecule has 1 aliphatic carbocycles. The van der Waals surface area contributed by atoms with E-state index in [0.29, 0.717) is 0 Å². The summed E-state index contributed by atoms with van der Waals surface area (Å²) >= 11 is 1.53. The fraction of sp³-hybridized carbons (Fsp3) is 0.750. The van der Waals surface area contributed by atoms with Crippen LogP contribution in [0.4, 0.5) is 5.13 Å². The van der Waals surface area contributed by atoms with Crippen molar-refractivity contribution in [3.63, 3.8) is 0 Å². The van der Waals surface area contributed by atoms with Crippen LogP contribution < -0.4 is 4.90 Å². The standard InChI is InChI=1S/C12H19N3O2S/c1-9-13-14-11(18-9)15(2)12(8-10(16)17)6-4-3-5-7-12/h3-8H2,1-2H3,(H,16,17). The molecule has 1 fully saturated rings. The summed E-state index contributed by atoms with van der Waals surface area (Å²) < 4.78 is 0. The molecule has 100 valence electrons. The number of aliphatic carboxylic acids is 1. The average molecular weight is 269 g/mol. The Kier molecular flexibility index (Phi) is 3.85. The van der Waals surface area contributed by atoms with Crippen LogP contribution in [0.15, 0.2) is 0 Å². The molecule has 0 spiro atoms. The van der Waals surface area contributed by atoms with Gasteiger partial charge in [0.05, 0.1) is 12.0 Å². The summed E-state index contributed by atoms with van der Waals surface area (Å²) in [4.78, 5) is 13.2. The van der Waals surface area contributed by atoms with Gasteiger partial charge in [0, 0.05) is 7.05 Å². The number of carboxylic acid groups (broad SMARTS) is 1. The van der Waals surface area contributed by atoms with Gasteiger partial charge in [0.25, 0.3) is 0 Å². The molecule has 18 heavy (non-hydrogen) atoms. The number of anilines is 1. The van der Waals surface area contributed by atoms with E-state index >= 15 is 0 Å². The molecule has 0 atom stereocenters. The van der Waals surface area contributed by atoms with Gasteiger partial charge in [0.2, 0.25) is 5.13 Å². The third kappa shape index (κ3) is 2.63. The predicted molar refractivity (Wildman–Crippen MR) is 71.1 cm³/mol. The smallest absolute Gasteiger partial charge is 0.305 e. The van der Waals surface area contributed by atoms with E-state index in [0.717, 1.165) is 35.8 Å². The maximum absolute atomic E-state index is 11.2. The van der Waals surface area contributed by atoms with Crippen LogP contribution in [0.5, 0.6) is 0 Å². The van der Waals surface area contributed by atoms with Gasteiger partial charge in [-0.2, -0.15) is 0 Å². The van der Waals surface area contributed by atoms with Crippen molar-refractivity contribution in [3.05, 3.63) is 5.01 Å². The first-order valence-corrected chi connectivity index (χ1v) is 7.11. The zero-order valence-corrected chi connectivity index (χ0v) is 11.7. The summed E-state index contributed by atoms with van der Waals surface area (Å²) in [5.74, 6) is -0.731. The fourth-order valence-electron chi connectivity index (χ4n) is 2.75. The lowest BCUT2D eigenvalue weighted by molar-refractivity contribution is -0.138. The van der Waals surface area contributed by atoms with Crippen LogP contribution in [0, 0.1) is 6.92 Å². The third-order valence-electron chi connectivity index (χ3n) is 3.78. The second-order valence-corrected chi connectivity index (χ2v) is 6.18. The Morgan fingerprint density at radius 2 is 2.06 bits per heavy atom. The van der Waals surface area contributed by atoms with Crippen molar-refractivity contribution in [1.29, 1.82) is 0 Å². The number of rotatable bonds is 4. The van der Waals surface area contributed by atoms with Gasteiger partial charge < -0.3 is 10.0 Å². The van der Waals surface area contributed by atoms with Crippen molar-refractivity contribution in [3.8, 4) is 0 Å². The van der Waals surface area contributed by atoms with Crippen LogP contribution in [-0.2, 0) is 4.79 Å². The van der Waals surface area contributed by atoms with Crippen LogP contribution in [0.1, 0.15) is 43.5 Å². The van der Waals surface area contributed by atoms with Crippen LogP contribution in [0.25, 0.3) is 0 Å². The number of hydrogen-bond donors (Lipinski definition) is 1. The van der Waals surface area contributed by atoms with Crippen molar-refractivity contribution in [2.45, 2.75) is 51.0 Å². The third-order valence-corrected chi connectivity index (χ3v) is 4.69. The van der Waals surface area contributed by atoms with Crippen molar-refractivity contribution < 1.29 is 9.90 Å². The maximum Gasteiger partial charge on any atom is 0.305 e. The lowest BCUT2D eigenvalue weighted by Gasteiger charge is -2.43. The molecule has 5 nitrogen and oxygen atoms in total. The molecule has 0 saturated heterocycles. The Morgan fingerprint density at radius 3 is 2.56 bits per heavy atom. The Bertz CT molecular complexity index is 427. The van der Waals surface area contributed by atoms with Crippen molar-refractivity contribution >= 4 is 22.4 Å². The van der Waals surface area contributed by atoms with E-state index in [1.165, 1.54) is 17.8 Å². The highest BCUT2D eigenvalue weighted by Gasteiger charge is 2.39. The minimum absolute atomic E-state index is 0.183. The fourth-order valence-corrected chi connectivity index (χ4v) is 3.50. The molecule has 0 aliphatic heterocycles. The van der Waals surface area contributed by atoms with E-state index in [4.69, 9.17) is 0 Å². The molecule has 6 heteroatoms. The summed E-state index contributed by atoms with van der Waals surface area (Å²) in [5, 5.41) is 19.1. The molecular formula is C12H19N3O2S. The van der Waals surface area contributed by atoms with Gasteiger partial charge >= 0.3 is 5.97 Å². The first-order chi connectivity index (χ1) is 8.53. The summed E-state index contributed by atoms with van der Waals surface area (Å²) in [7, 11) is 1.95. The molecule has 0 bridgehead atoms. The van der Waals surface area contributed by atoms with E-state index in [9.17, 15) is 9.90 Å². The Balaban J connectivity index is 2.24. The number of aryl methyl sites for hydroxylation is 1. The van der Waals surface area contributed by atoms with Crippen LogP contribution in [-0.4, -0.2) is 33.9 Å². The summed E-state index contributed by atoms with van der Waals surface area (Å²) in [6.07, 6.45) is 5.42. The number of nitrogens with zero attached hydrogens (tertiary/aromatic N) is 3. The van der Waals surface area contributed by atoms with Crippen molar-refractivity contribution in [1.82, 2.24) is 10.2 Å². The molecule has 1 aromatic rings. The van der Waals surface area contributed by atoms with Gasteiger partial charge in [0.1, 0.15) is 5.01 Å². The SMILES string of the molecule is Cc1nnc(N(C)C2(CC(=O)O)CCCCC2)s1. The predicted octanol–water partition coefficient (Wildman–Crippen LogP) is 2.46. The molecule has 0 aromatic carbocycles. The Labute approximate surface area is 111 Å². The summed E-state index contributed by atoms with van der Waals surface area (Å²) in [6.45, 7) is 1.92. The Hall–Kier alpha value is -1.17. The average Bonchev–Trinajstić information content (AvgIpc) is 2.75. The highest BCUT2D eigenvalue weighted by atomic mass is 32.1. The normalized spacial score (nSPS) is 18.6. The second kappa shape index (κ2) is 5.22. The quantitative estimate of drug-likeness (QED) is 0.909. The minimum Gasteiger partial charge on any atom is -0.481 e. The van der Waals surface area contributed by atoms with Gasteiger partial charge in [-0.15, -0.1) is 10.2 Å². The maximum atomic E-state index is 11.2. The van der Waals surface area contributed by atoms with E-state index in [1.807, 2.05) is 18.9 Å². The molecular weight excluding hydrogens is 250 g/mol. The van der Waals surface area contributed by atoms with Crippen LogP contribution >= 0.6 is 11.3 Å². The van der Waals surface area contributed by atoms with Crippen molar-refractivity contribution in [2.24, 2.45) is 0 Å². The lowest BCUT2D eigenvalue weighted by atomic mass is 9.78. The van der Waals surface area contributed by atoms with Crippen LogP contribution in [0.2, 0.25) is 0 Å². The zero-order valence-electron chi connectivity index (χ0n) is 10.8. The lowest BCUT2D eigenvalue weighted by Crippen LogP contribution is -2.49. The van der Waals surface area contributed by atoms with Gasteiger partial charge in [-0.3, -0.25) is 4.79 Å². The first kappa shape index (κ1) is 13.3. The molecule has 0 unspecified atom stereocenters. The highest BCUT2D eigenvalue weighted by Crippen LogP contribution is 2.39. The monoisotopic (exact) mass is 269 g/mol. The zero-order chi connectivity index (χ0) is 13.2. The molecule has 0 amide bonds. The molecule has 0 radical (unpaired) electrons. The highest BCUT2D eigenvalue weighted by molar-refractivity contribution is 7.15. The molecule has 1 aliphatic rings. The van der Waals surface area contributed by atoms with E-state index in [1.54, 1.807) is 0 Å². The van der Waals surface area contributed by atoms with Crippen molar-refractivity contribution in [2.75, 3.05) is 11.9 Å². The van der Waals surface area contributed by atoms with Gasteiger partial charge in [-0.1, -0.05) is 30.6 Å². The molecule has 2 rings (SSSR count). The van der Waals surface area contributed by atoms with Gasteiger partial charge in [0.15, 0.2) is 0 Å². The molecule has 1 saturated carbocycles. The second-order valence-electron chi connectivity index (χ2n) is 5.02. The number of hydrogen-bond acceptors (Lipinski definition) is 5. The Morgan fingerprint density at radius 1 is 1.39 bits per heavy atom. The molecule has 1 heterocycles. The first-order valence-electron chi connectivity index (χ1n) is 6.29. The topological polar surface area (TPSA) is 66.3 Å².